The lowest BCUT2D eigenvalue weighted by Gasteiger charge is -2.06. The molecule has 0 aliphatic heterocycles. The zero-order chi connectivity index (χ0) is 16.2. The van der Waals surface area contributed by atoms with Crippen LogP contribution in [0.4, 0.5) is 0 Å². The zero-order valence-electron chi connectivity index (χ0n) is 12.6. The Hall–Kier alpha value is -2.71. The third kappa shape index (κ3) is 3.79. The number of hydrogen-bond acceptors (Lipinski definition) is 6. The van der Waals surface area contributed by atoms with E-state index in [1.165, 1.54) is 18.5 Å². The van der Waals surface area contributed by atoms with E-state index >= 15 is 0 Å². The quantitative estimate of drug-likeness (QED) is 0.700. The molecule has 0 bridgehead atoms. The molecule has 2 heterocycles. The van der Waals surface area contributed by atoms with Gasteiger partial charge in [0.25, 0.3) is 5.91 Å². The van der Waals surface area contributed by atoms with Gasteiger partial charge in [-0.2, -0.15) is 5.10 Å². The number of nitrogens with two attached hydrogens (primary N) is 1. The van der Waals surface area contributed by atoms with E-state index in [1.54, 1.807) is 23.1 Å². The Balaban J connectivity index is 0.00000208. The minimum absolute atomic E-state index is 0. The highest BCUT2D eigenvalue weighted by molar-refractivity contribution is 5.97. The maximum atomic E-state index is 12.1. The summed E-state index contributed by atoms with van der Waals surface area (Å²) in [6.45, 7) is 1.07. The summed E-state index contributed by atoms with van der Waals surface area (Å²) in [6.07, 6.45) is 3.00. The Morgan fingerprint density at radius 3 is 2.88 bits per heavy atom. The molecule has 126 valence electrons. The van der Waals surface area contributed by atoms with E-state index in [-0.39, 0.29) is 30.3 Å². The Kier molecular flexibility index (Phi) is 5.67. The first kappa shape index (κ1) is 17.6. The second-order valence-electron chi connectivity index (χ2n) is 4.91. The lowest BCUT2D eigenvalue weighted by atomic mass is 10.1. The summed E-state index contributed by atoms with van der Waals surface area (Å²) in [5.41, 5.74) is 6.06. The van der Waals surface area contributed by atoms with Gasteiger partial charge in [0.15, 0.2) is 5.43 Å². The second kappa shape index (κ2) is 7.71. The number of nitrogens with one attached hydrogen (secondary N) is 1. The third-order valence-corrected chi connectivity index (χ3v) is 3.33. The zero-order valence-corrected chi connectivity index (χ0v) is 13.5. The van der Waals surface area contributed by atoms with Crippen LogP contribution in [0.2, 0.25) is 0 Å². The topological polar surface area (TPSA) is 116 Å². The molecule has 2 aromatic heterocycles. The van der Waals surface area contributed by atoms with E-state index in [9.17, 15) is 9.59 Å². The van der Waals surface area contributed by atoms with Crippen molar-refractivity contribution in [1.29, 1.82) is 0 Å². The van der Waals surface area contributed by atoms with E-state index in [2.05, 4.69) is 15.4 Å². The molecular formula is C15H16ClN5O3. The first-order chi connectivity index (χ1) is 11.2. The fourth-order valence-corrected chi connectivity index (χ4v) is 2.18. The largest absolute Gasteiger partial charge is 0.459 e. The van der Waals surface area contributed by atoms with Gasteiger partial charge in [-0.05, 0) is 18.2 Å². The van der Waals surface area contributed by atoms with Crippen molar-refractivity contribution in [2.24, 2.45) is 5.73 Å². The number of rotatable bonds is 5. The molecule has 8 nitrogen and oxygen atoms in total. The summed E-state index contributed by atoms with van der Waals surface area (Å²) >= 11 is 0. The highest BCUT2D eigenvalue weighted by Gasteiger charge is 2.10. The molecule has 0 aliphatic carbocycles. The van der Waals surface area contributed by atoms with Gasteiger partial charge in [0, 0.05) is 18.2 Å². The number of carbonyl (C=O) groups is 1. The number of amides is 1. The van der Waals surface area contributed by atoms with Crippen molar-refractivity contribution in [3.05, 3.63) is 58.5 Å². The average Bonchev–Trinajstić information content (AvgIpc) is 3.07. The predicted octanol–water partition coefficient (Wildman–Crippen LogP) is 0.695. The Bertz CT molecular complexity index is 892. The van der Waals surface area contributed by atoms with Crippen molar-refractivity contribution >= 4 is 29.3 Å². The normalized spacial score (nSPS) is 10.4. The fourth-order valence-electron chi connectivity index (χ4n) is 2.18. The number of nitrogens with zero attached hydrogens (tertiary/aromatic N) is 3. The maximum absolute atomic E-state index is 12.1. The van der Waals surface area contributed by atoms with Gasteiger partial charge < -0.3 is 15.5 Å². The van der Waals surface area contributed by atoms with Gasteiger partial charge in [-0.3, -0.25) is 14.3 Å². The van der Waals surface area contributed by atoms with Gasteiger partial charge in [-0.25, -0.2) is 4.98 Å². The molecule has 0 spiro atoms. The van der Waals surface area contributed by atoms with Crippen LogP contribution in [0, 0.1) is 0 Å². The number of fused-ring (bicyclic) bond motifs is 1. The van der Waals surface area contributed by atoms with Gasteiger partial charge in [0.1, 0.15) is 24.0 Å². The van der Waals surface area contributed by atoms with Gasteiger partial charge in [0.05, 0.1) is 18.5 Å². The Morgan fingerprint density at radius 1 is 1.33 bits per heavy atom. The predicted molar refractivity (Wildman–Crippen MR) is 90.0 cm³/mol. The summed E-state index contributed by atoms with van der Waals surface area (Å²) in [5.74, 6) is 0.141. The average molecular weight is 350 g/mol. The third-order valence-electron chi connectivity index (χ3n) is 3.33. The van der Waals surface area contributed by atoms with Crippen molar-refractivity contribution in [3.8, 4) is 0 Å². The molecule has 0 unspecified atom stereocenters. The smallest absolute Gasteiger partial charge is 0.251 e. The molecule has 3 aromatic rings. The van der Waals surface area contributed by atoms with Crippen molar-refractivity contribution in [3.63, 3.8) is 0 Å². The number of aromatic nitrogens is 3. The van der Waals surface area contributed by atoms with E-state index < -0.39 is 0 Å². The van der Waals surface area contributed by atoms with E-state index in [0.29, 0.717) is 35.4 Å². The van der Waals surface area contributed by atoms with E-state index in [0.717, 1.165) is 0 Å². The molecule has 0 saturated carbocycles. The molecule has 0 fully saturated rings. The lowest BCUT2D eigenvalue weighted by molar-refractivity contribution is 0.0952. The number of benzene rings is 1. The molecule has 0 radical (unpaired) electrons. The summed E-state index contributed by atoms with van der Waals surface area (Å²) in [7, 11) is 0. The molecule has 1 aromatic carbocycles. The maximum Gasteiger partial charge on any atom is 0.251 e. The van der Waals surface area contributed by atoms with Crippen molar-refractivity contribution < 1.29 is 9.21 Å². The summed E-state index contributed by atoms with van der Waals surface area (Å²) in [6, 6.07) is 6.07. The van der Waals surface area contributed by atoms with Crippen LogP contribution >= 0.6 is 12.4 Å². The van der Waals surface area contributed by atoms with E-state index in [4.69, 9.17) is 10.2 Å². The standard InChI is InChI=1S/C15H15N5O3.ClH/c16-7-11-6-13(21)12-5-10(1-2-14(12)23-11)15(22)18-3-4-20-9-17-8-19-20;/h1-2,5-6,8-9H,3-4,7,16H2,(H,18,22);1H. The highest BCUT2D eigenvalue weighted by Crippen LogP contribution is 2.14. The fraction of sp³-hybridized carbons (Fsp3) is 0.200. The lowest BCUT2D eigenvalue weighted by Crippen LogP contribution is -2.27. The summed E-state index contributed by atoms with van der Waals surface area (Å²) < 4.78 is 7.10. The van der Waals surface area contributed by atoms with Crippen molar-refractivity contribution in [1.82, 2.24) is 20.1 Å². The van der Waals surface area contributed by atoms with Crippen molar-refractivity contribution in [2.45, 2.75) is 13.1 Å². The Morgan fingerprint density at radius 2 is 2.17 bits per heavy atom. The SMILES string of the molecule is Cl.NCc1cc(=O)c2cc(C(=O)NCCn3cncn3)ccc2o1. The molecule has 1 amide bonds. The van der Waals surface area contributed by atoms with Gasteiger partial charge in [-0.1, -0.05) is 0 Å². The van der Waals surface area contributed by atoms with Crippen LogP contribution in [0.1, 0.15) is 16.1 Å². The molecule has 0 saturated heterocycles. The van der Waals surface area contributed by atoms with Crippen molar-refractivity contribution in [2.75, 3.05) is 6.54 Å². The van der Waals surface area contributed by atoms with Crippen LogP contribution in [0.15, 0.2) is 46.1 Å². The summed E-state index contributed by atoms with van der Waals surface area (Å²) in [5, 5.41) is 7.06. The first-order valence-corrected chi connectivity index (χ1v) is 7.05. The second-order valence-corrected chi connectivity index (χ2v) is 4.91. The number of hydrogen-bond donors (Lipinski definition) is 2. The summed E-state index contributed by atoms with van der Waals surface area (Å²) in [4.78, 5) is 28.0. The van der Waals surface area contributed by atoms with Crippen LogP contribution in [0.5, 0.6) is 0 Å². The van der Waals surface area contributed by atoms with E-state index in [1.807, 2.05) is 0 Å². The minimum Gasteiger partial charge on any atom is -0.459 e. The molecular weight excluding hydrogens is 334 g/mol. The molecule has 3 rings (SSSR count). The van der Waals surface area contributed by atoms with Crippen LogP contribution in [0.3, 0.4) is 0 Å². The van der Waals surface area contributed by atoms with Crippen LogP contribution < -0.4 is 16.5 Å². The molecule has 24 heavy (non-hydrogen) atoms. The monoisotopic (exact) mass is 349 g/mol. The van der Waals surface area contributed by atoms with Gasteiger partial charge in [0.2, 0.25) is 0 Å². The van der Waals surface area contributed by atoms with Gasteiger partial charge >= 0.3 is 0 Å². The van der Waals surface area contributed by atoms with Crippen LogP contribution in [-0.2, 0) is 13.1 Å². The molecule has 9 heteroatoms. The number of carbonyl (C=O) groups excluding carboxylic acids is 1. The molecule has 0 atom stereocenters. The Labute approximate surface area is 143 Å². The highest BCUT2D eigenvalue weighted by atomic mass is 35.5. The first-order valence-electron chi connectivity index (χ1n) is 7.05. The van der Waals surface area contributed by atoms with Crippen LogP contribution in [-0.4, -0.2) is 27.2 Å². The molecule has 0 aliphatic rings. The molecule has 3 N–H and O–H groups in total. The minimum atomic E-state index is -0.269. The number of halogens is 1. The van der Waals surface area contributed by atoms with Gasteiger partial charge in [-0.15, -0.1) is 12.4 Å². The van der Waals surface area contributed by atoms with Crippen LogP contribution in [0.25, 0.3) is 11.0 Å².